The van der Waals surface area contributed by atoms with Crippen LogP contribution in [0.2, 0.25) is 0 Å². The Morgan fingerprint density at radius 3 is 2.62 bits per heavy atom. The van der Waals surface area contributed by atoms with Gasteiger partial charge in [0, 0.05) is 0 Å². The number of nitrogens with zero attached hydrogens (tertiary/aromatic N) is 2. The van der Waals surface area contributed by atoms with E-state index in [2.05, 4.69) is 9.79 Å². The molecule has 0 saturated carbocycles. The summed E-state index contributed by atoms with van der Waals surface area (Å²) in [6.07, 6.45) is 1.25. The maximum absolute atomic E-state index is 10.0. The second-order valence-corrected chi connectivity index (χ2v) is 1.19. The molecule has 0 spiro atoms. The van der Waals surface area contributed by atoms with Crippen LogP contribution in [0.1, 0.15) is 0 Å². The fourth-order valence-corrected chi connectivity index (χ4v) is 0.304. The van der Waals surface area contributed by atoms with Crippen molar-refractivity contribution < 1.29 is 19.8 Å². The van der Waals surface area contributed by atoms with Crippen LogP contribution < -0.4 is 9.79 Å². The summed E-state index contributed by atoms with van der Waals surface area (Å²) in [5.41, 5.74) is 0. The minimum absolute atomic E-state index is 0. The highest BCUT2D eigenvalue weighted by Gasteiger charge is 1.88. The van der Waals surface area contributed by atoms with Gasteiger partial charge in [-0.2, -0.15) is 0 Å². The van der Waals surface area contributed by atoms with Crippen LogP contribution in [-0.2, 0) is 7.05 Å². The first-order chi connectivity index (χ1) is 3.29. The average Bonchev–Trinajstić information content (AvgIpc) is 1.87. The van der Waals surface area contributed by atoms with Gasteiger partial charge < -0.3 is 15.1 Å². The Bertz CT molecular complexity index is 145. The van der Waals surface area contributed by atoms with Gasteiger partial charge in [0.05, 0.1) is 5.27 Å². The lowest BCUT2D eigenvalue weighted by Crippen LogP contribution is -2.27. The second-order valence-electron chi connectivity index (χ2n) is 1.19. The first kappa shape index (κ1) is 6.90. The van der Waals surface area contributed by atoms with E-state index in [0.717, 1.165) is 0 Å². The number of aromatic nitrogens is 2. The molecule has 46 valence electrons. The van der Waals surface area contributed by atoms with Crippen LogP contribution >= 0.6 is 0 Å². The molecule has 0 aromatic carbocycles. The van der Waals surface area contributed by atoms with E-state index in [-0.39, 0.29) is 5.48 Å². The second kappa shape index (κ2) is 2.27. The van der Waals surface area contributed by atoms with Gasteiger partial charge in [-0.25, -0.2) is 0 Å². The maximum atomic E-state index is 10.0. The zero-order valence-electron chi connectivity index (χ0n) is 4.29. The predicted octanol–water partition coefficient (Wildman–Crippen LogP) is -2.25. The van der Waals surface area contributed by atoms with Crippen LogP contribution in [0, 0.1) is 0 Å². The molecular weight excluding hydrogens is 112 g/mol. The topological polar surface area (TPSA) is 84.5 Å². The van der Waals surface area contributed by atoms with E-state index in [9.17, 15) is 5.11 Å². The highest BCUT2D eigenvalue weighted by molar-refractivity contribution is 4.79. The van der Waals surface area contributed by atoms with E-state index < -0.39 is 5.95 Å². The molecule has 0 aliphatic carbocycles. The van der Waals surface area contributed by atoms with E-state index in [1.54, 1.807) is 7.05 Å². The van der Waals surface area contributed by atoms with Crippen LogP contribution in [0.4, 0.5) is 0 Å². The van der Waals surface area contributed by atoms with E-state index in [1.807, 2.05) is 0 Å². The molecule has 0 atom stereocenters. The van der Waals surface area contributed by atoms with E-state index in [4.69, 9.17) is 0 Å². The Morgan fingerprint density at radius 2 is 2.50 bits per heavy atom. The van der Waals surface area contributed by atoms with Gasteiger partial charge in [0.1, 0.15) is 5.95 Å². The summed E-state index contributed by atoms with van der Waals surface area (Å²) >= 11 is 0. The van der Waals surface area contributed by atoms with Crippen LogP contribution in [-0.4, -0.2) is 10.7 Å². The minimum Gasteiger partial charge on any atom is -0.539 e. The third kappa shape index (κ3) is 1.19. The number of hydrogen-bond acceptors (Lipinski definition) is 3. The zero-order chi connectivity index (χ0) is 5.28. The number of aryl methyl sites for hydroxylation is 1. The van der Waals surface area contributed by atoms with E-state index in [1.165, 1.54) is 10.9 Å². The average molecular weight is 118 g/mol. The van der Waals surface area contributed by atoms with Gasteiger partial charge in [0.2, 0.25) is 6.20 Å². The van der Waals surface area contributed by atoms with Gasteiger partial charge >= 0.3 is 0 Å². The molecule has 2 N–H and O–H groups in total. The highest BCUT2D eigenvalue weighted by atomic mass is 16.6. The van der Waals surface area contributed by atoms with Crippen molar-refractivity contribution >= 4 is 0 Å². The Balaban J connectivity index is 0.000000490. The quantitative estimate of drug-likeness (QED) is 0.360. The summed E-state index contributed by atoms with van der Waals surface area (Å²) in [6, 6.07) is 0. The largest absolute Gasteiger partial charge is 0.539 e. The molecule has 1 aromatic heterocycles. The summed E-state index contributed by atoms with van der Waals surface area (Å²) in [5, 5.41) is 13.3. The van der Waals surface area contributed by atoms with Crippen molar-refractivity contribution in [2.45, 2.75) is 0 Å². The van der Waals surface area contributed by atoms with E-state index in [0.29, 0.717) is 0 Å². The summed E-state index contributed by atoms with van der Waals surface area (Å²) in [6.45, 7) is 0. The van der Waals surface area contributed by atoms with Crippen molar-refractivity contribution in [1.82, 2.24) is 5.27 Å². The SMILES string of the molecule is C[n+]1cc([O-])on1.O. The molecule has 0 fully saturated rings. The number of hydrogen-bond donors (Lipinski definition) is 0. The molecule has 0 aliphatic rings. The monoisotopic (exact) mass is 118 g/mol. The number of rotatable bonds is 0. The Labute approximate surface area is 45.4 Å². The lowest BCUT2D eigenvalue weighted by atomic mass is 10.9. The third-order valence-corrected chi connectivity index (χ3v) is 0.552. The molecule has 0 unspecified atom stereocenters. The van der Waals surface area contributed by atoms with Crippen LogP contribution in [0.25, 0.3) is 0 Å². The van der Waals surface area contributed by atoms with Gasteiger partial charge in [0.25, 0.3) is 0 Å². The van der Waals surface area contributed by atoms with Gasteiger partial charge in [-0.3, -0.25) is 0 Å². The van der Waals surface area contributed by atoms with Gasteiger partial charge in [-0.1, -0.05) is 4.68 Å². The van der Waals surface area contributed by atoms with Crippen molar-refractivity contribution in [2.24, 2.45) is 7.05 Å². The molecule has 5 heteroatoms. The molecule has 0 aliphatic heterocycles. The standard InChI is InChI=1S/C3H4N2O2.H2O/c1-5-2-3(6)7-4-5;/h2H,1H3;1H2. The minimum atomic E-state index is -0.414. The van der Waals surface area contributed by atoms with Crippen LogP contribution in [0.5, 0.6) is 5.95 Å². The van der Waals surface area contributed by atoms with Gasteiger partial charge in [-0.05, 0) is 0 Å². The Hall–Kier alpha value is -1.10. The molecule has 1 heterocycles. The molecule has 1 aromatic rings. The van der Waals surface area contributed by atoms with Crippen molar-refractivity contribution in [3.8, 4) is 5.95 Å². The highest BCUT2D eigenvalue weighted by Crippen LogP contribution is 1.89. The molecule has 1 rings (SSSR count). The Kier molecular flexibility index (Phi) is 1.96. The van der Waals surface area contributed by atoms with Crippen molar-refractivity contribution in [2.75, 3.05) is 0 Å². The molecule has 0 bridgehead atoms. The lowest BCUT2D eigenvalue weighted by Gasteiger charge is -1.74. The fraction of sp³-hybridized carbons (Fsp3) is 0.333. The summed E-state index contributed by atoms with van der Waals surface area (Å²) in [7, 11) is 1.62. The van der Waals surface area contributed by atoms with Crippen molar-refractivity contribution in [3.05, 3.63) is 6.20 Å². The molecule has 0 saturated heterocycles. The third-order valence-electron chi connectivity index (χ3n) is 0.552. The smallest absolute Gasteiger partial charge is 0.220 e. The molecule has 0 radical (unpaired) electrons. The van der Waals surface area contributed by atoms with Gasteiger partial charge in [0.15, 0.2) is 7.05 Å². The van der Waals surface area contributed by atoms with E-state index >= 15 is 0 Å². The normalized spacial score (nSPS) is 8.12. The van der Waals surface area contributed by atoms with Crippen LogP contribution in [0.3, 0.4) is 0 Å². The lowest BCUT2D eigenvalue weighted by molar-refractivity contribution is -0.739. The van der Waals surface area contributed by atoms with Crippen molar-refractivity contribution in [1.29, 1.82) is 0 Å². The van der Waals surface area contributed by atoms with Crippen LogP contribution in [0.15, 0.2) is 10.7 Å². The van der Waals surface area contributed by atoms with Crippen molar-refractivity contribution in [3.63, 3.8) is 0 Å². The maximum Gasteiger partial charge on any atom is 0.220 e. The first-order valence-electron chi connectivity index (χ1n) is 1.78. The Morgan fingerprint density at radius 1 is 1.88 bits per heavy atom. The summed E-state index contributed by atoms with van der Waals surface area (Å²) in [5.74, 6) is -0.414. The zero-order valence-corrected chi connectivity index (χ0v) is 4.29. The molecule has 8 heavy (non-hydrogen) atoms. The fourth-order valence-electron chi connectivity index (χ4n) is 0.304. The molecule has 0 amide bonds. The summed E-state index contributed by atoms with van der Waals surface area (Å²) in [4.78, 5) is 0. The predicted molar refractivity (Wildman–Crippen MR) is 20.7 cm³/mol. The molecule has 5 nitrogen and oxygen atoms in total. The molecular formula is C3H6N2O3. The summed E-state index contributed by atoms with van der Waals surface area (Å²) < 4.78 is 5.43. The van der Waals surface area contributed by atoms with Gasteiger partial charge in [-0.15, -0.1) is 0 Å². The first-order valence-corrected chi connectivity index (χ1v) is 1.78.